The van der Waals surface area contributed by atoms with E-state index in [4.69, 9.17) is 0 Å². The maximum Gasteiger partial charge on any atom is 0.0726 e. The molecular formula is C63H39NS. The molecule has 0 radical (unpaired) electrons. The Kier molecular flexibility index (Phi) is 7.84. The first-order valence-electron chi connectivity index (χ1n) is 22.5. The second-order valence-electron chi connectivity index (χ2n) is 17.6. The lowest BCUT2D eigenvalue weighted by atomic mass is 9.70. The maximum absolute atomic E-state index is 2.50. The van der Waals surface area contributed by atoms with E-state index in [-0.39, 0.29) is 0 Å². The largest absolute Gasteiger partial charge is 0.310 e. The predicted molar refractivity (Wildman–Crippen MR) is 276 cm³/mol. The van der Waals surface area contributed by atoms with Crippen molar-refractivity contribution in [3.8, 4) is 44.5 Å². The Morgan fingerprint density at radius 2 is 0.785 bits per heavy atom. The molecule has 1 spiro atoms. The van der Waals surface area contributed by atoms with Crippen molar-refractivity contribution in [1.82, 2.24) is 0 Å². The third-order valence-corrected chi connectivity index (χ3v) is 15.4. The normalized spacial score (nSPS) is 13.0. The lowest BCUT2D eigenvalue weighted by Crippen LogP contribution is -2.26. The fourth-order valence-electron chi connectivity index (χ4n) is 11.4. The molecule has 0 fully saturated rings. The molecule has 0 aliphatic heterocycles. The molecule has 0 bridgehead atoms. The highest BCUT2D eigenvalue weighted by molar-refractivity contribution is 7.26. The molecule has 0 amide bonds. The SMILES string of the molecule is c1ccc2c(c1)-c1ccccc1C21c2ccccc2-c2ccc(N(c3ccc(-c4ccc5cc(-c6ccc7ccccc7c6)ccc5c4)cc3)c3cccc4sc5ccccc5c34)cc21. The van der Waals surface area contributed by atoms with Gasteiger partial charge in [0.2, 0.25) is 0 Å². The molecule has 2 aliphatic carbocycles. The van der Waals surface area contributed by atoms with Crippen molar-refractivity contribution in [3.05, 3.63) is 259 Å². The van der Waals surface area contributed by atoms with E-state index in [1.54, 1.807) is 0 Å². The van der Waals surface area contributed by atoms with Gasteiger partial charge in [-0.15, -0.1) is 11.3 Å². The smallest absolute Gasteiger partial charge is 0.0726 e. The van der Waals surface area contributed by atoms with Crippen LogP contribution >= 0.6 is 11.3 Å². The monoisotopic (exact) mass is 841 g/mol. The van der Waals surface area contributed by atoms with Crippen LogP contribution in [0, 0.1) is 0 Å². The van der Waals surface area contributed by atoms with Gasteiger partial charge in [-0.05, 0) is 149 Å². The summed E-state index contributed by atoms with van der Waals surface area (Å²) in [6.45, 7) is 0. The van der Waals surface area contributed by atoms with Crippen molar-refractivity contribution in [2.75, 3.05) is 4.90 Å². The summed E-state index contributed by atoms with van der Waals surface area (Å²) in [6.07, 6.45) is 0. The number of benzene rings is 11. The third-order valence-electron chi connectivity index (χ3n) is 14.2. The van der Waals surface area contributed by atoms with Gasteiger partial charge in [0.05, 0.1) is 11.1 Å². The van der Waals surface area contributed by atoms with E-state index in [1.807, 2.05) is 11.3 Å². The summed E-state index contributed by atoms with van der Waals surface area (Å²) in [7, 11) is 0. The summed E-state index contributed by atoms with van der Waals surface area (Å²) in [5.41, 5.74) is 18.5. The molecule has 0 saturated heterocycles. The van der Waals surface area contributed by atoms with Gasteiger partial charge in [-0.3, -0.25) is 0 Å². The van der Waals surface area contributed by atoms with Crippen molar-refractivity contribution >= 4 is 70.1 Å². The topological polar surface area (TPSA) is 3.24 Å². The van der Waals surface area contributed by atoms with Crippen LogP contribution in [0.1, 0.15) is 22.3 Å². The van der Waals surface area contributed by atoms with E-state index in [1.165, 1.54) is 114 Å². The maximum atomic E-state index is 2.50. The van der Waals surface area contributed by atoms with E-state index >= 15 is 0 Å². The van der Waals surface area contributed by atoms with Gasteiger partial charge in [0, 0.05) is 31.5 Å². The van der Waals surface area contributed by atoms with Gasteiger partial charge in [0.15, 0.2) is 0 Å². The molecule has 2 heteroatoms. The molecule has 1 nitrogen and oxygen atoms in total. The molecule has 11 aromatic carbocycles. The summed E-state index contributed by atoms with van der Waals surface area (Å²) in [4.78, 5) is 2.50. The highest BCUT2D eigenvalue weighted by Gasteiger charge is 2.51. The van der Waals surface area contributed by atoms with E-state index in [2.05, 4.69) is 241 Å². The molecule has 302 valence electrons. The van der Waals surface area contributed by atoms with Gasteiger partial charge in [0.1, 0.15) is 0 Å². The Labute approximate surface area is 381 Å². The van der Waals surface area contributed by atoms with Crippen LogP contribution in [-0.2, 0) is 5.41 Å². The summed E-state index contributed by atoms with van der Waals surface area (Å²) in [5, 5.41) is 7.57. The van der Waals surface area contributed by atoms with E-state index in [9.17, 15) is 0 Å². The lowest BCUT2D eigenvalue weighted by Gasteiger charge is -2.32. The first kappa shape index (κ1) is 36.4. The Bertz CT molecular complexity index is 3850. The quantitative estimate of drug-likeness (QED) is 0.167. The molecule has 1 heterocycles. The van der Waals surface area contributed by atoms with Crippen LogP contribution in [0.3, 0.4) is 0 Å². The Morgan fingerprint density at radius 3 is 1.45 bits per heavy atom. The molecule has 2 aliphatic rings. The van der Waals surface area contributed by atoms with Gasteiger partial charge in [-0.2, -0.15) is 0 Å². The first-order valence-corrected chi connectivity index (χ1v) is 23.3. The standard InChI is InChI=1S/C63H39NS/c1-2-13-42-36-44(25-24-40(42)12-1)47-29-28-45-37-43(26-27-46(45)38-47)41-30-32-48(33-31-41)64(59-21-11-23-61-62(59)54-17-6-10-22-60(54)65-61)49-34-35-53-52-16-5-9-20-57(52)63(58(53)39-49)55-18-7-3-14-50(55)51-15-4-8-19-56(51)63/h1-39H. The number of thiophene rings is 1. The fraction of sp³-hybridized carbons (Fsp3) is 0.0159. The van der Waals surface area contributed by atoms with Gasteiger partial charge in [0.25, 0.3) is 0 Å². The number of rotatable bonds is 5. The first-order chi connectivity index (χ1) is 32.2. The average Bonchev–Trinajstić information content (AvgIpc) is 4.01. The summed E-state index contributed by atoms with van der Waals surface area (Å²) in [6, 6.07) is 88.4. The summed E-state index contributed by atoms with van der Waals surface area (Å²) < 4.78 is 2.59. The minimum absolute atomic E-state index is 0.432. The van der Waals surface area contributed by atoms with Crippen LogP contribution in [0.2, 0.25) is 0 Å². The molecule has 0 atom stereocenters. The molecule has 0 saturated carbocycles. The zero-order valence-electron chi connectivity index (χ0n) is 35.4. The molecular weight excluding hydrogens is 803 g/mol. The number of hydrogen-bond donors (Lipinski definition) is 0. The van der Waals surface area contributed by atoms with Gasteiger partial charge < -0.3 is 4.90 Å². The number of anilines is 3. The van der Waals surface area contributed by atoms with Gasteiger partial charge >= 0.3 is 0 Å². The second kappa shape index (κ2) is 14.0. The number of nitrogens with zero attached hydrogens (tertiary/aromatic N) is 1. The Hall–Kier alpha value is -8.04. The lowest BCUT2D eigenvalue weighted by molar-refractivity contribution is 0.793. The Balaban J connectivity index is 0.921. The molecule has 1 aromatic heterocycles. The molecule has 14 rings (SSSR count). The number of hydrogen-bond acceptors (Lipinski definition) is 2. The van der Waals surface area contributed by atoms with Crippen molar-refractivity contribution < 1.29 is 0 Å². The van der Waals surface area contributed by atoms with E-state index < -0.39 is 5.41 Å². The van der Waals surface area contributed by atoms with Crippen LogP contribution in [-0.4, -0.2) is 0 Å². The summed E-state index contributed by atoms with van der Waals surface area (Å²) in [5.74, 6) is 0. The van der Waals surface area contributed by atoms with Crippen molar-refractivity contribution in [2.45, 2.75) is 5.41 Å². The minimum atomic E-state index is -0.432. The third kappa shape index (κ3) is 5.32. The van der Waals surface area contributed by atoms with Crippen LogP contribution in [0.25, 0.3) is 86.2 Å². The molecule has 12 aromatic rings. The van der Waals surface area contributed by atoms with Crippen LogP contribution in [0.4, 0.5) is 17.1 Å². The van der Waals surface area contributed by atoms with Crippen LogP contribution < -0.4 is 4.90 Å². The van der Waals surface area contributed by atoms with E-state index in [0.717, 1.165) is 11.4 Å². The average molecular weight is 842 g/mol. The zero-order chi connectivity index (χ0) is 42.6. The Morgan fingerprint density at radius 1 is 0.308 bits per heavy atom. The van der Waals surface area contributed by atoms with E-state index in [0.29, 0.717) is 0 Å². The van der Waals surface area contributed by atoms with Crippen molar-refractivity contribution in [2.24, 2.45) is 0 Å². The minimum Gasteiger partial charge on any atom is -0.310 e. The van der Waals surface area contributed by atoms with Crippen LogP contribution in [0.5, 0.6) is 0 Å². The van der Waals surface area contributed by atoms with Gasteiger partial charge in [-0.25, -0.2) is 0 Å². The summed E-state index contributed by atoms with van der Waals surface area (Å²) >= 11 is 1.87. The van der Waals surface area contributed by atoms with Gasteiger partial charge in [-0.1, -0.05) is 176 Å². The highest BCUT2D eigenvalue weighted by atomic mass is 32.1. The van der Waals surface area contributed by atoms with Crippen molar-refractivity contribution in [3.63, 3.8) is 0 Å². The fourth-order valence-corrected chi connectivity index (χ4v) is 12.5. The predicted octanol–water partition coefficient (Wildman–Crippen LogP) is 17.5. The van der Waals surface area contributed by atoms with Crippen molar-refractivity contribution in [1.29, 1.82) is 0 Å². The molecule has 0 N–H and O–H groups in total. The van der Waals surface area contributed by atoms with Crippen LogP contribution in [0.15, 0.2) is 237 Å². The second-order valence-corrected chi connectivity index (χ2v) is 18.7. The zero-order valence-corrected chi connectivity index (χ0v) is 36.2. The number of fused-ring (bicyclic) bond motifs is 15. The molecule has 0 unspecified atom stereocenters. The highest BCUT2D eigenvalue weighted by Crippen LogP contribution is 2.63. The molecule has 65 heavy (non-hydrogen) atoms.